The Labute approximate surface area is 73.8 Å². The van der Waals surface area contributed by atoms with Crippen molar-refractivity contribution in [2.75, 3.05) is 0 Å². The van der Waals surface area contributed by atoms with Crippen molar-refractivity contribution in [3.63, 3.8) is 0 Å². The van der Waals surface area contributed by atoms with E-state index in [9.17, 15) is 0 Å². The zero-order valence-electron chi connectivity index (χ0n) is 8.33. The molecular formula is C9H17N3. The van der Waals surface area contributed by atoms with Gasteiger partial charge in [-0.2, -0.15) is 5.10 Å². The second-order valence-corrected chi connectivity index (χ2v) is 3.61. The van der Waals surface area contributed by atoms with Crippen molar-refractivity contribution in [2.45, 2.75) is 40.7 Å². The van der Waals surface area contributed by atoms with Crippen molar-refractivity contribution in [1.82, 2.24) is 14.8 Å². The van der Waals surface area contributed by atoms with Crippen molar-refractivity contribution in [3.8, 4) is 0 Å². The van der Waals surface area contributed by atoms with Crippen LogP contribution in [0.1, 0.15) is 31.9 Å². The molecule has 0 radical (unpaired) electrons. The molecule has 0 aliphatic carbocycles. The molecule has 0 spiro atoms. The second-order valence-electron chi connectivity index (χ2n) is 3.61. The molecule has 12 heavy (non-hydrogen) atoms. The second kappa shape index (κ2) is 3.70. The number of nitrogens with zero attached hydrogens (tertiary/aromatic N) is 3. The van der Waals surface area contributed by atoms with Gasteiger partial charge in [-0.15, -0.1) is 0 Å². The quantitative estimate of drug-likeness (QED) is 0.688. The number of aryl methyl sites for hydroxylation is 3. The molecule has 0 amide bonds. The maximum atomic E-state index is 4.29. The van der Waals surface area contributed by atoms with E-state index in [0.717, 1.165) is 24.1 Å². The summed E-state index contributed by atoms with van der Waals surface area (Å²) in [6.45, 7) is 9.36. The average molecular weight is 167 g/mol. The van der Waals surface area contributed by atoms with Crippen molar-refractivity contribution in [1.29, 1.82) is 0 Å². The fraction of sp³-hybridized carbons (Fsp3) is 0.778. The molecule has 68 valence electrons. The van der Waals surface area contributed by atoms with E-state index in [1.54, 1.807) is 0 Å². The maximum Gasteiger partial charge on any atom is 0.147 e. The largest absolute Gasteiger partial charge is 0.250 e. The van der Waals surface area contributed by atoms with Gasteiger partial charge in [-0.1, -0.05) is 13.8 Å². The van der Waals surface area contributed by atoms with Crippen molar-refractivity contribution in [3.05, 3.63) is 11.6 Å². The summed E-state index contributed by atoms with van der Waals surface area (Å²) >= 11 is 0. The molecule has 0 aromatic carbocycles. The van der Waals surface area contributed by atoms with Crippen LogP contribution in [-0.4, -0.2) is 14.8 Å². The van der Waals surface area contributed by atoms with Crippen molar-refractivity contribution >= 4 is 0 Å². The van der Waals surface area contributed by atoms with Gasteiger partial charge in [0.15, 0.2) is 0 Å². The van der Waals surface area contributed by atoms with Gasteiger partial charge < -0.3 is 0 Å². The highest BCUT2D eigenvalue weighted by molar-refractivity contribution is 4.87. The van der Waals surface area contributed by atoms with Crippen LogP contribution >= 0.6 is 0 Å². The highest BCUT2D eigenvalue weighted by Gasteiger charge is 2.02. The minimum Gasteiger partial charge on any atom is -0.250 e. The lowest BCUT2D eigenvalue weighted by Crippen LogP contribution is -2.05. The van der Waals surface area contributed by atoms with E-state index in [2.05, 4.69) is 23.9 Å². The van der Waals surface area contributed by atoms with E-state index in [1.807, 2.05) is 18.5 Å². The summed E-state index contributed by atoms with van der Waals surface area (Å²) in [6, 6.07) is 0. The van der Waals surface area contributed by atoms with Crippen molar-refractivity contribution < 1.29 is 0 Å². The number of rotatable bonds is 3. The Hall–Kier alpha value is -0.860. The summed E-state index contributed by atoms with van der Waals surface area (Å²) in [4.78, 5) is 4.24. The molecular weight excluding hydrogens is 150 g/mol. The molecule has 0 aliphatic rings. The third-order valence-electron chi connectivity index (χ3n) is 1.88. The molecule has 0 atom stereocenters. The molecule has 0 saturated heterocycles. The normalized spacial score (nSPS) is 11.1. The number of aromatic nitrogens is 3. The van der Waals surface area contributed by atoms with Gasteiger partial charge in [-0.25, -0.2) is 4.98 Å². The first-order valence-corrected chi connectivity index (χ1v) is 4.47. The average Bonchev–Trinajstić information content (AvgIpc) is 2.26. The first-order chi connectivity index (χ1) is 5.59. The topological polar surface area (TPSA) is 30.7 Å². The molecule has 3 nitrogen and oxygen atoms in total. The summed E-state index contributed by atoms with van der Waals surface area (Å²) in [5.41, 5.74) is 0. The van der Waals surface area contributed by atoms with E-state index in [4.69, 9.17) is 0 Å². The predicted molar refractivity (Wildman–Crippen MR) is 49.0 cm³/mol. The molecule has 1 heterocycles. The van der Waals surface area contributed by atoms with Gasteiger partial charge in [0.2, 0.25) is 0 Å². The fourth-order valence-corrected chi connectivity index (χ4v) is 1.15. The SMILES string of the molecule is Cc1nc(C)n(CCC(C)C)n1. The molecule has 0 fully saturated rings. The van der Waals surface area contributed by atoms with Gasteiger partial charge in [0, 0.05) is 6.54 Å². The molecule has 0 aliphatic heterocycles. The molecule has 3 heteroatoms. The predicted octanol–water partition coefficient (Wildman–Crippen LogP) is 1.94. The Morgan fingerprint density at radius 1 is 1.33 bits per heavy atom. The third-order valence-corrected chi connectivity index (χ3v) is 1.88. The van der Waals surface area contributed by atoms with Crippen LogP contribution < -0.4 is 0 Å². The van der Waals surface area contributed by atoms with Crippen LogP contribution in [0.2, 0.25) is 0 Å². The molecule has 0 saturated carbocycles. The van der Waals surface area contributed by atoms with E-state index in [-0.39, 0.29) is 0 Å². The van der Waals surface area contributed by atoms with Crippen LogP contribution in [0.5, 0.6) is 0 Å². The summed E-state index contributed by atoms with van der Waals surface area (Å²) in [7, 11) is 0. The molecule has 0 unspecified atom stereocenters. The molecule has 1 aromatic rings. The molecule has 0 N–H and O–H groups in total. The Morgan fingerprint density at radius 2 is 2.00 bits per heavy atom. The lowest BCUT2D eigenvalue weighted by molar-refractivity contribution is 0.478. The van der Waals surface area contributed by atoms with Gasteiger partial charge >= 0.3 is 0 Å². The zero-order chi connectivity index (χ0) is 9.14. The van der Waals surface area contributed by atoms with E-state index in [0.29, 0.717) is 0 Å². The van der Waals surface area contributed by atoms with Crippen LogP contribution in [0.25, 0.3) is 0 Å². The smallest absolute Gasteiger partial charge is 0.147 e. The van der Waals surface area contributed by atoms with E-state index in [1.165, 1.54) is 6.42 Å². The summed E-state index contributed by atoms with van der Waals surface area (Å²) in [6.07, 6.45) is 1.17. The van der Waals surface area contributed by atoms with Crippen molar-refractivity contribution in [2.24, 2.45) is 5.92 Å². The highest BCUT2D eigenvalue weighted by Crippen LogP contribution is 2.03. The Bertz CT molecular complexity index is 250. The number of hydrogen-bond acceptors (Lipinski definition) is 2. The van der Waals surface area contributed by atoms with Gasteiger partial charge in [0.25, 0.3) is 0 Å². The van der Waals surface area contributed by atoms with Crippen LogP contribution in [0.3, 0.4) is 0 Å². The number of hydrogen-bond donors (Lipinski definition) is 0. The zero-order valence-corrected chi connectivity index (χ0v) is 8.33. The Balaban J connectivity index is 2.57. The standard InChI is InChI=1S/C9H17N3/c1-7(2)5-6-12-9(4)10-8(3)11-12/h7H,5-6H2,1-4H3. The van der Waals surface area contributed by atoms with Gasteiger partial charge in [-0.05, 0) is 26.2 Å². The van der Waals surface area contributed by atoms with Crippen LogP contribution in [0.15, 0.2) is 0 Å². The monoisotopic (exact) mass is 167 g/mol. The van der Waals surface area contributed by atoms with Gasteiger partial charge in [-0.3, -0.25) is 4.68 Å². The van der Waals surface area contributed by atoms with E-state index < -0.39 is 0 Å². The van der Waals surface area contributed by atoms with Crippen LogP contribution in [0.4, 0.5) is 0 Å². The third kappa shape index (κ3) is 2.32. The molecule has 0 bridgehead atoms. The fourth-order valence-electron chi connectivity index (χ4n) is 1.15. The van der Waals surface area contributed by atoms with Crippen LogP contribution in [-0.2, 0) is 6.54 Å². The maximum absolute atomic E-state index is 4.29. The Morgan fingerprint density at radius 3 is 2.42 bits per heavy atom. The lowest BCUT2D eigenvalue weighted by atomic mass is 10.1. The molecule has 1 rings (SSSR count). The highest BCUT2D eigenvalue weighted by atomic mass is 15.3. The molecule has 1 aromatic heterocycles. The van der Waals surface area contributed by atoms with E-state index >= 15 is 0 Å². The first kappa shape index (κ1) is 9.23. The minimum absolute atomic E-state index is 0.730. The first-order valence-electron chi connectivity index (χ1n) is 4.47. The van der Waals surface area contributed by atoms with Gasteiger partial charge in [0.1, 0.15) is 11.6 Å². The summed E-state index contributed by atoms with van der Waals surface area (Å²) in [5, 5.41) is 4.29. The lowest BCUT2D eigenvalue weighted by Gasteiger charge is -2.04. The van der Waals surface area contributed by atoms with Gasteiger partial charge in [0.05, 0.1) is 0 Å². The summed E-state index contributed by atoms with van der Waals surface area (Å²) in [5.74, 6) is 2.62. The minimum atomic E-state index is 0.730. The van der Waals surface area contributed by atoms with Crippen LogP contribution in [0, 0.1) is 19.8 Å². The summed E-state index contributed by atoms with van der Waals surface area (Å²) < 4.78 is 1.98. The Kier molecular flexibility index (Phi) is 2.84.